The van der Waals surface area contributed by atoms with Gasteiger partial charge in [0.1, 0.15) is 5.82 Å². The Hall–Kier alpha value is -2.90. The second kappa shape index (κ2) is 9.30. The van der Waals surface area contributed by atoms with Crippen molar-refractivity contribution >= 4 is 22.6 Å². The van der Waals surface area contributed by atoms with E-state index in [4.69, 9.17) is 4.74 Å². The maximum absolute atomic E-state index is 13.6. The average molecular weight is 437 g/mol. The number of carbonyl (C=O) groups excluding carboxylic acids is 1. The first-order valence-corrected chi connectivity index (χ1v) is 11.4. The van der Waals surface area contributed by atoms with E-state index in [1.807, 2.05) is 23.1 Å². The van der Waals surface area contributed by atoms with Gasteiger partial charge in [-0.15, -0.1) is 0 Å². The minimum atomic E-state index is -0.276. The Morgan fingerprint density at radius 2 is 1.94 bits per heavy atom. The number of fused-ring (bicyclic) bond motifs is 1. The van der Waals surface area contributed by atoms with E-state index in [2.05, 4.69) is 33.1 Å². The van der Waals surface area contributed by atoms with E-state index >= 15 is 0 Å². The monoisotopic (exact) mass is 436 g/mol. The van der Waals surface area contributed by atoms with Crippen molar-refractivity contribution in [3.05, 3.63) is 66.1 Å². The summed E-state index contributed by atoms with van der Waals surface area (Å²) in [5.41, 5.74) is 2.74. The van der Waals surface area contributed by atoms with Gasteiger partial charge in [0, 0.05) is 61.6 Å². The number of hydrogen-bond acceptors (Lipinski definition) is 3. The smallest absolute Gasteiger partial charge is 0.322 e. The van der Waals surface area contributed by atoms with Gasteiger partial charge in [0.15, 0.2) is 0 Å². The van der Waals surface area contributed by atoms with Crippen molar-refractivity contribution in [1.82, 2.24) is 14.4 Å². The van der Waals surface area contributed by atoms with E-state index in [0.717, 1.165) is 74.4 Å². The first kappa shape index (κ1) is 21.0. The number of anilines is 1. The topological polar surface area (TPSA) is 49.7 Å². The number of rotatable bonds is 7. The van der Waals surface area contributed by atoms with Crippen LogP contribution in [0.15, 0.2) is 54.7 Å². The van der Waals surface area contributed by atoms with E-state index in [-0.39, 0.29) is 17.9 Å². The molecule has 3 aromatic rings. The number of benzene rings is 2. The van der Waals surface area contributed by atoms with E-state index in [9.17, 15) is 9.18 Å². The van der Waals surface area contributed by atoms with Crippen LogP contribution >= 0.6 is 0 Å². The van der Waals surface area contributed by atoms with Crippen LogP contribution in [0.1, 0.15) is 18.4 Å². The molecule has 2 fully saturated rings. The fourth-order valence-corrected chi connectivity index (χ4v) is 4.33. The van der Waals surface area contributed by atoms with Gasteiger partial charge in [-0.05, 0) is 54.8 Å². The van der Waals surface area contributed by atoms with E-state index in [0.29, 0.717) is 6.54 Å². The molecule has 0 radical (unpaired) electrons. The fourth-order valence-electron chi connectivity index (χ4n) is 4.33. The molecule has 1 saturated carbocycles. The van der Waals surface area contributed by atoms with Crippen molar-refractivity contribution in [3.63, 3.8) is 0 Å². The zero-order valence-corrected chi connectivity index (χ0v) is 18.2. The first-order chi connectivity index (χ1) is 15.7. The van der Waals surface area contributed by atoms with Gasteiger partial charge < -0.3 is 19.5 Å². The Morgan fingerprint density at radius 3 is 2.72 bits per heavy atom. The highest BCUT2D eigenvalue weighted by Crippen LogP contribution is 2.29. The Labute approximate surface area is 187 Å². The molecule has 0 unspecified atom stereocenters. The molecule has 168 valence electrons. The second-order valence-corrected chi connectivity index (χ2v) is 8.66. The van der Waals surface area contributed by atoms with E-state index in [1.54, 1.807) is 6.07 Å². The van der Waals surface area contributed by atoms with Gasteiger partial charge >= 0.3 is 6.03 Å². The Balaban J connectivity index is 1.24. The molecule has 2 heterocycles. The van der Waals surface area contributed by atoms with Crippen LogP contribution in [-0.4, -0.2) is 59.3 Å². The molecule has 0 spiro atoms. The van der Waals surface area contributed by atoms with Crippen LogP contribution in [0.25, 0.3) is 10.9 Å². The molecule has 7 heteroatoms. The fraction of sp³-hybridized carbons (Fsp3) is 0.400. The summed E-state index contributed by atoms with van der Waals surface area (Å²) >= 11 is 0. The maximum atomic E-state index is 13.6. The summed E-state index contributed by atoms with van der Waals surface area (Å²) in [5, 5.41) is 4.15. The number of aromatic nitrogens is 1. The molecular formula is C25H29FN4O2. The van der Waals surface area contributed by atoms with Crippen LogP contribution in [-0.2, 0) is 17.8 Å². The molecule has 5 rings (SSSR count). The molecule has 1 N–H and O–H groups in total. The zero-order chi connectivity index (χ0) is 21.9. The van der Waals surface area contributed by atoms with Crippen LogP contribution in [0.5, 0.6) is 0 Å². The number of halogens is 1. The predicted octanol–water partition coefficient (Wildman–Crippen LogP) is 4.31. The molecule has 32 heavy (non-hydrogen) atoms. The lowest BCUT2D eigenvalue weighted by Crippen LogP contribution is -2.38. The molecule has 1 aliphatic carbocycles. The number of nitrogens with zero attached hydrogens (tertiary/aromatic N) is 3. The lowest BCUT2D eigenvalue weighted by Gasteiger charge is -2.26. The average Bonchev–Trinajstić information content (AvgIpc) is 3.57. The summed E-state index contributed by atoms with van der Waals surface area (Å²) in [6.45, 7) is 5.94. The molecule has 2 aliphatic rings. The van der Waals surface area contributed by atoms with Crippen molar-refractivity contribution in [3.8, 4) is 0 Å². The van der Waals surface area contributed by atoms with Crippen LogP contribution in [0, 0.1) is 5.82 Å². The highest BCUT2D eigenvalue weighted by molar-refractivity contribution is 5.93. The zero-order valence-electron chi connectivity index (χ0n) is 18.2. The third kappa shape index (κ3) is 4.95. The third-order valence-electron chi connectivity index (χ3n) is 6.27. The van der Waals surface area contributed by atoms with Crippen LogP contribution in [0.4, 0.5) is 14.9 Å². The SMILES string of the molecule is O=C(Nc1ccc2c(ccn2CCN2CCOCC2)c1)N(Cc1cccc(F)c1)C1CC1. The van der Waals surface area contributed by atoms with Crippen LogP contribution < -0.4 is 5.32 Å². The molecule has 0 atom stereocenters. The highest BCUT2D eigenvalue weighted by atomic mass is 19.1. The summed E-state index contributed by atoms with van der Waals surface area (Å²) < 4.78 is 21.2. The van der Waals surface area contributed by atoms with E-state index in [1.165, 1.54) is 12.1 Å². The summed E-state index contributed by atoms with van der Waals surface area (Å²) in [6.07, 6.45) is 4.10. The number of amides is 2. The number of hydrogen-bond donors (Lipinski definition) is 1. The first-order valence-electron chi connectivity index (χ1n) is 11.4. The Bertz CT molecular complexity index is 1090. The number of nitrogens with one attached hydrogen (secondary N) is 1. The molecular weight excluding hydrogens is 407 g/mol. The van der Waals surface area contributed by atoms with Gasteiger partial charge in [-0.25, -0.2) is 9.18 Å². The summed E-state index contributed by atoms with van der Waals surface area (Å²) in [7, 11) is 0. The number of ether oxygens (including phenoxy) is 1. The lowest BCUT2D eigenvalue weighted by atomic mass is 10.2. The van der Waals surface area contributed by atoms with Gasteiger partial charge in [0.25, 0.3) is 0 Å². The third-order valence-corrected chi connectivity index (χ3v) is 6.27. The lowest BCUT2D eigenvalue weighted by molar-refractivity contribution is 0.0365. The van der Waals surface area contributed by atoms with Crippen molar-refractivity contribution in [2.75, 3.05) is 38.2 Å². The molecule has 0 bridgehead atoms. The maximum Gasteiger partial charge on any atom is 0.322 e. The number of morpholine rings is 1. The van der Waals surface area contributed by atoms with Crippen molar-refractivity contribution < 1.29 is 13.9 Å². The molecule has 1 saturated heterocycles. The largest absolute Gasteiger partial charge is 0.379 e. The number of carbonyl (C=O) groups is 1. The summed E-state index contributed by atoms with van der Waals surface area (Å²) in [6, 6.07) is 14.7. The van der Waals surface area contributed by atoms with Crippen LogP contribution in [0.3, 0.4) is 0 Å². The molecule has 2 amide bonds. The highest BCUT2D eigenvalue weighted by Gasteiger charge is 2.32. The van der Waals surface area contributed by atoms with Crippen molar-refractivity contribution in [2.45, 2.75) is 32.0 Å². The van der Waals surface area contributed by atoms with E-state index < -0.39 is 0 Å². The number of urea groups is 1. The van der Waals surface area contributed by atoms with Gasteiger partial charge in [-0.1, -0.05) is 12.1 Å². The molecule has 1 aliphatic heterocycles. The van der Waals surface area contributed by atoms with Gasteiger partial charge in [-0.2, -0.15) is 0 Å². The van der Waals surface area contributed by atoms with Gasteiger partial charge in [0.05, 0.1) is 13.2 Å². The predicted molar refractivity (Wildman–Crippen MR) is 123 cm³/mol. The molecule has 2 aromatic carbocycles. The minimum absolute atomic E-state index is 0.136. The Morgan fingerprint density at radius 1 is 1.09 bits per heavy atom. The van der Waals surface area contributed by atoms with Gasteiger partial charge in [0.2, 0.25) is 0 Å². The van der Waals surface area contributed by atoms with Crippen LogP contribution in [0.2, 0.25) is 0 Å². The summed E-state index contributed by atoms with van der Waals surface area (Å²) in [4.78, 5) is 17.2. The second-order valence-electron chi connectivity index (χ2n) is 8.66. The minimum Gasteiger partial charge on any atom is -0.379 e. The normalized spacial score (nSPS) is 16.9. The van der Waals surface area contributed by atoms with Gasteiger partial charge in [-0.3, -0.25) is 4.90 Å². The Kier molecular flexibility index (Phi) is 6.10. The summed E-state index contributed by atoms with van der Waals surface area (Å²) in [5.74, 6) is -0.276. The standard InChI is InChI=1S/C25H29FN4O2/c26-21-3-1-2-19(16-21)18-30(23-5-6-23)25(31)27-22-4-7-24-20(17-22)8-9-29(24)11-10-28-12-14-32-15-13-28/h1-4,7-9,16-17,23H,5-6,10-15,18H2,(H,27,31). The van der Waals surface area contributed by atoms with Crippen molar-refractivity contribution in [2.24, 2.45) is 0 Å². The van der Waals surface area contributed by atoms with Crippen molar-refractivity contribution in [1.29, 1.82) is 0 Å². The quantitative estimate of drug-likeness (QED) is 0.601. The molecule has 6 nitrogen and oxygen atoms in total. The molecule has 1 aromatic heterocycles.